The third-order valence-electron chi connectivity index (χ3n) is 7.92. The smallest absolute Gasteiger partial charge is 0.303 e. The Labute approximate surface area is 188 Å². The van der Waals surface area contributed by atoms with Gasteiger partial charge in [0.1, 0.15) is 6.04 Å². The van der Waals surface area contributed by atoms with E-state index in [0.717, 1.165) is 42.9 Å². The molecule has 1 unspecified atom stereocenters. The van der Waals surface area contributed by atoms with Gasteiger partial charge in [-0.2, -0.15) is 0 Å². The Morgan fingerprint density at radius 2 is 1.72 bits per heavy atom. The van der Waals surface area contributed by atoms with E-state index in [4.69, 9.17) is 0 Å². The Morgan fingerprint density at radius 1 is 0.969 bits per heavy atom. The van der Waals surface area contributed by atoms with Crippen LogP contribution in [-0.2, 0) is 16.6 Å². The number of amides is 2. The van der Waals surface area contributed by atoms with E-state index in [-0.39, 0.29) is 23.9 Å². The van der Waals surface area contributed by atoms with Gasteiger partial charge in [-0.15, -0.1) is 0 Å². The second-order valence-corrected chi connectivity index (χ2v) is 9.97. The van der Waals surface area contributed by atoms with Gasteiger partial charge in [-0.25, -0.2) is 4.79 Å². The highest BCUT2D eigenvalue weighted by Gasteiger charge is 2.32. The molecule has 3 aliphatic rings. The lowest BCUT2D eigenvalue weighted by atomic mass is 9.86. The van der Waals surface area contributed by atoms with Crippen molar-refractivity contribution in [1.29, 1.82) is 0 Å². The molecule has 7 nitrogen and oxygen atoms in total. The summed E-state index contributed by atoms with van der Waals surface area (Å²) in [6, 6.07) is 5.46. The van der Waals surface area contributed by atoms with Crippen LogP contribution in [0.2, 0.25) is 0 Å². The van der Waals surface area contributed by atoms with E-state index in [1.54, 1.807) is 16.2 Å². The maximum Gasteiger partial charge on any atom is 0.329 e. The molecule has 32 heavy (non-hydrogen) atoms. The van der Waals surface area contributed by atoms with Crippen molar-refractivity contribution in [2.75, 3.05) is 19.6 Å². The maximum atomic E-state index is 13.2. The molecule has 3 heterocycles. The van der Waals surface area contributed by atoms with Crippen LogP contribution in [0.3, 0.4) is 0 Å². The number of piperidine rings is 2. The second-order valence-electron chi connectivity index (χ2n) is 9.97. The van der Waals surface area contributed by atoms with Crippen molar-refractivity contribution in [3.63, 3.8) is 0 Å². The number of imide groups is 1. The zero-order valence-electron chi connectivity index (χ0n) is 19.0. The topological polar surface area (TPSA) is 76.3 Å². The van der Waals surface area contributed by atoms with Crippen molar-refractivity contribution in [3.8, 4) is 0 Å². The third-order valence-corrected chi connectivity index (χ3v) is 7.92. The molecule has 0 spiro atoms. The minimum atomic E-state index is -0.628. The van der Waals surface area contributed by atoms with Gasteiger partial charge in [-0.1, -0.05) is 31.4 Å². The van der Waals surface area contributed by atoms with Crippen LogP contribution in [0.4, 0.5) is 0 Å². The highest BCUT2D eigenvalue weighted by molar-refractivity contribution is 6.00. The number of aryl methyl sites for hydroxylation is 1. The lowest BCUT2D eigenvalue weighted by Crippen LogP contribution is -2.44. The molecule has 172 valence electrons. The number of carbonyl (C=O) groups is 2. The Kier molecular flexibility index (Phi) is 5.93. The van der Waals surface area contributed by atoms with Crippen LogP contribution >= 0.6 is 0 Å². The fourth-order valence-electron chi connectivity index (χ4n) is 6.19. The standard InChI is InChI=1S/C25H34N4O3/c1-27-23-19(18-12-14-28(15-13-18)16-17-6-3-2-4-7-17)8-5-9-20(23)29(25(27)32)21-10-11-22(30)26-24(21)31/h5,8-9,17-18,21H,2-4,6-7,10-16H2,1H3,(H,26,30,31). The number of nitrogens with zero attached hydrogens (tertiary/aromatic N) is 3. The number of aromatic nitrogens is 2. The molecular formula is C25H34N4O3. The normalized spacial score (nSPS) is 24.2. The van der Waals surface area contributed by atoms with E-state index in [1.165, 1.54) is 44.2 Å². The minimum Gasteiger partial charge on any atom is -0.303 e. The summed E-state index contributed by atoms with van der Waals surface area (Å²) in [4.78, 5) is 39.9. The van der Waals surface area contributed by atoms with Gasteiger partial charge in [0.15, 0.2) is 0 Å². The SMILES string of the molecule is Cn1c(=O)n(C2CCC(=O)NC2=O)c2cccc(C3CCN(CC4CCCCC4)CC3)c21. The molecule has 1 aromatic heterocycles. The Balaban J connectivity index is 1.38. The molecule has 3 fully saturated rings. The summed E-state index contributed by atoms with van der Waals surface area (Å²) < 4.78 is 3.29. The first kappa shape index (κ1) is 21.4. The van der Waals surface area contributed by atoms with Crippen LogP contribution in [0.25, 0.3) is 11.0 Å². The van der Waals surface area contributed by atoms with Crippen molar-refractivity contribution >= 4 is 22.8 Å². The molecule has 1 N–H and O–H groups in total. The zero-order valence-corrected chi connectivity index (χ0v) is 19.0. The van der Waals surface area contributed by atoms with Crippen LogP contribution in [0.15, 0.2) is 23.0 Å². The van der Waals surface area contributed by atoms with Crippen LogP contribution in [0.1, 0.15) is 75.3 Å². The number of likely N-dealkylation sites (tertiary alicyclic amines) is 1. The number of carbonyl (C=O) groups excluding carboxylic acids is 2. The first-order valence-corrected chi connectivity index (χ1v) is 12.3. The molecule has 1 aliphatic carbocycles. The van der Waals surface area contributed by atoms with Gasteiger partial charge in [0.25, 0.3) is 0 Å². The highest BCUT2D eigenvalue weighted by Crippen LogP contribution is 2.35. The zero-order chi connectivity index (χ0) is 22.2. The average Bonchev–Trinajstić information content (AvgIpc) is 3.06. The predicted molar refractivity (Wildman–Crippen MR) is 124 cm³/mol. The van der Waals surface area contributed by atoms with Gasteiger partial charge in [0, 0.05) is 20.0 Å². The number of benzene rings is 1. The highest BCUT2D eigenvalue weighted by atomic mass is 16.2. The van der Waals surface area contributed by atoms with Crippen LogP contribution in [0.5, 0.6) is 0 Å². The number of rotatable bonds is 4. The Morgan fingerprint density at radius 3 is 2.44 bits per heavy atom. The van der Waals surface area contributed by atoms with Gasteiger partial charge in [0.05, 0.1) is 11.0 Å². The predicted octanol–water partition coefficient (Wildman–Crippen LogP) is 3.08. The number of hydrogen-bond donors (Lipinski definition) is 1. The molecule has 1 aromatic carbocycles. The molecule has 0 bridgehead atoms. The molecular weight excluding hydrogens is 404 g/mol. The van der Waals surface area contributed by atoms with Gasteiger partial charge in [0.2, 0.25) is 11.8 Å². The molecule has 1 saturated carbocycles. The first-order chi connectivity index (χ1) is 15.5. The van der Waals surface area contributed by atoms with Gasteiger partial charge < -0.3 is 4.90 Å². The van der Waals surface area contributed by atoms with Crippen LogP contribution < -0.4 is 11.0 Å². The number of nitrogens with one attached hydrogen (secondary N) is 1. The fourth-order valence-corrected chi connectivity index (χ4v) is 6.19. The quantitative estimate of drug-likeness (QED) is 0.745. The number of hydrogen-bond acceptors (Lipinski definition) is 4. The van der Waals surface area contributed by atoms with Gasteiger partial charge in [-0.3, -0.25) is 24.0 Å². The van der Waals surface area contributed by atoms with Crippen molar-refractivity contribution < 1.29 is 9.59 Å². The van der Waals surface area contributed by atoms with Crippen molar-refractivity contribution in [2.24, 2.45) is 13.0 Å². The first-order valence-electron chi connectivity index (χ1n) is 12.3. The third kappa shape index (κ3) is 3.91. The number of fused-ring (bicyclic) bond motifs is 1. The van der Waals surface area contributed by atoms with E-state index in [9.17, 15) is 14.4 Å². The molecule has 0 radical (unpaired) electrons. The molecule has 7 heteroatoms. The Hall–Kier alpha value is -2.41. The average molecular weight is 439 g/mol. The lowest BCUT2D eigenvalue weighted by molar-refractivity contribution is -0.135. The van der Waals surface area contributed by atoms with Crippen LogP contribution in [0, 0.1) is 5.92 Å². The Bertz CT molecular complexity index is 1070. The van der Waals surface area contributed by atoms with E-state index in [2.05, 4.69) is 16.3 Å². The summed E-state index contributed by atoms with van der Waals surface area (Å²) in [7, 11) is 1.80. The van der Waals surface area contributed by atoms with E-state index in [1.807, 2.05) is 12.1 Å². The fraction of sp³-hybridized carbons (Fsp3) is 0.640. The summed E-state index contributed by atoms with van der Waals surface area (Å²) in [6.45, 7) is 3.46. The second kappa shape index (κ2) is 8.85. The number of imidazole rings is 1. The summed E-state index contributed by atoms with van der Waals surface area (Å²) in [5, 5.41) is 2.39. The van der Waals surface area contributed by atoms with E-state index in [0.29, 0.717) is 12.3 Å². The monoisotopic (exact) mass is 438 g/mol. The summed E-state index contributed by atoms with van der Waals surface area (Å²) in [5.74, 6) is 0.647. The van der Waals surface area contributed by atoms with Crippen LogP contribution in [-0.4, -0.2) is 45.5 Å². The maximum absolute atomic E-state index is 13.2. The van der Waals surface area contributed by atoms with Crippen molar-refractivity contribution in [2.45, 2.75) is 69.7 Å². The summed E-state index contributed by atoms with van der Waals surface area (Å²) in [5.41, 5.74) is 2.77. The molecule has 2 aromatic rings. The lowest BCUT2D eigenvalue weighted by Gasteiger charge is -2.35. The number of para-hydroxylation sites is 1. The minimum absolute atomic E-state index is 0.184. The molecule has 2 aliphatic heterocycles. The van der Waals surface area contributed by atoms with Gasteiger partial charge in [-0.05, 0) is 68.7 Å². The summed E-state index contributed by atoms with van der Waals surface area (Å²) in [6.07, 6.45) is 9.78. The van der Waals surface area contributed by atoms with Gasteiger partial charge >= 0.3 is 5.69 Å². The van der Waals surface area contributed by atoms with E-state index >= 15 is 0 Å². The van der Waals surface area contributed by atoms with E-state index < -0.39 is 6.04 Å². The van der Waals surface area contributed by atoms with Crippen molar-refractivity contribution in [1.82, 2.24) is 19.4 Å². The molecule has 2 amide bonds. The largest absolute Gasteiger partial charge is 0.329 e. The van der Waals surface area contributed by atoms with Crippen molar-refractivity contribution in [3.05, 3.63) is 34.2 Å². The molecule has 2 saturated heterocycles. The molecule has 1 atom stereocenters. The summed E-state index contributed by atoms with van der Waals surface area (Å²) >= 11 is 0. The molecule has 5 rings (SSSR count).